The summed E-state index contributed by atoms with van der Waals surface area (Å²) in [6.45, 7) is 0.566. The van der Waals surface area contributed by atoms with Crippen molar-refractivity contribution in [1.29, 1.82) is 0 Å². The van der Waals surface area contributed by atoms with Crippen molar-refractivity contribution in [1.82, 2.24) is 14.7 Å². The van der Waals surface area contributed by atoms with Gasteiger partial charge in [0.15, 0.2) is 5.13 Å². The summed E-state index contributed by atoms with van der Waals surface area (Å²) in [6, 6.07) is 3.27. The van der Waals surface area contributed by atoms with E-state index in [9.17, 15) is 9.18 Å². The second kappa shape index (κ2) is 6.18. The normalized spacial score (nSPS) is 21.0. The van der Waals surface area contributed by atoms with Crippen LogP contribution in [0.5, 0.6) is 0 Å². The van der Waals surface area contributed by atoms with Gasteiger partial charge in [0.05, 0.1) is 22.3 Å². The van der Waals surface area contributed by atoms with E-state index in [0.29, 0.717) is 22.4 Å². The highest BCUT2D eigenvalue weighted by molar-refractivity contribution is 7.80. The van der Waals surface area contributed by atoms with Gasteiger partial charge < -0.3 is 10.2 Å². The number of hydrogen-bond donors (Lipinski definition) is 1. The summed E-state index contributed by atoms with van der Waals surface area (Å²) in [5, 5.41) is 8.62. The van der Waals surface area contributed by atoms with Gasteiger partial charge in [-0.3, -0.25) is 9.48 Å². The zero-order valence-electron chi connectivity index (χ0n) is 12.4. The maximum atomic E-state index is 13.6. The van der Waals surface area contributed by atoms with E-state index in [1.165, 1.54) is 6.07 Å². The first kappa shape index (κ1) is 16.4. The number of carbonyl (C=O) groups excluding carboxylic acids is 1. The molecule has 3 heterocycles. The third kappa shape index (κ3) is 2.98. The molecule has 1 amide bonds. The largest absolute Gasteiger partial charge is 0.368 e. The number of nitrogens with one attached hydrogen (secondary N) is 1. The van der Waals surface area contributed by atoms with E-state index < -0.39 is 11.0 Å². The maximum Gasteiger partial charge on any atom is 0.235 e. The van der Waals surface area contributed by atoms with Gasteiger partial charge in [-0.05, 0) is 17.5 Å². The van der Waals surface area contributed by atoms with Crippen LogP contribution < -0.4 is 5.32 Å². The van der Waals surface area contributed by atoms with Crippen molar-refractivity contribution in [2.24, 2.45) is 13.0 Å². The molecule has 23 heavy (non-hydrogen) atoms. The first-order valence-corrected chi connectivity index (χ1v) is 8.53. The Morgan fingerprint density at radius 3 is 2.87 bits per heavy atom. The van der Waals surface area contributed by atoms with E-state index >= 15 is 0 Å². The molecule has 122 valence electrons. The average molecular weight is 373 g/mol. The number of anilines is 1. The molecule has 0 spiro atoms. The summed E-state index contributed by atoms with van der Waals surface area (Å²) in [4.78, 5) is 15.0. The SMILES string of the molecule is CN1C[C@H](c2cc(Cl)n(C)n2)[C@@H](C(=O)Nc2ccsc2F)C1=S. The molecule has 1 N–H and O–H groups in total. The number of thiocarbonyl (C=S) groups is 1. The van der Waals surface area contributed by atoms with E-state index in [-0.39, 0.29) is 17.5 Å². The van der Waals surface area contributed by atoms with Crippen LogP contribution in [0.25, 0.3) is 0 Å². The Balaban J connectivity index is 1.88. The number of hydrogen-bond acceptors (Lipinski definition) is 4. The maximum absolute atomic E-state index is 13.6. The molecule has 0 unspecified atom stereocenters. The summed E-state index contributed by atoms with van der Waals surface area (Å²) < 4.78 is 15.1. The lowest BCUT2D eigenvalue weighted by Crippen LogP contribution is -2.31. The van der Waals surface area contributed by atoms with Crippen LogP contribution in [0.15, 0.2) is 17.5 Å². The molecular weight excluding hydrogens is 359 g/mol. The minimum absolute atomic E-state index is 0.176. The highest BCUT2D eigenvalue weighted by Crippen LogP contribution is 2.35. The van der Waals surface area contributed by atoms with Crippen LogP contribution >= 0.6 is 35.2 Å². The van der Waals surface area contributed by atoms with Crippen molar-refractivity contribution >= 4 is 51.7 Å². The molecule has 0 aliphatic carbocycles. The first-order valence-electron chi connectivity index (χ1n) is 6.86. The van der Waals surface area contributed by atoms with Crippen LogP contribution in [0.2, 0.25) is 5.15 Å². The Bertz CT molecular complexity index is 755. The van der Waals surface area contributed by atoms with Crippen molar-refractivity contribution in [3.05, 3.63) is 33.5 Å². The van der Waals surface area contributed by atoms with Crippen LogP contribution in [0.3, 0.4) is 0 Å². The Morgan fingerprint density at radius 2 is 2.30 bits per heavy atom. The van der Waals surface area contributed by atoms with Gasteiger partial charge >= 0.3 is 0 Å². The molecule has 2 atom stereocenters. The van der Waals surface area contributed by atoms with Crippen molar-refractivity contribution < 1.29 is 9.18 Å². The highest BCUT2D eigenvalue weighted by Gasteiger charge is 2.43. The fraction of sp³-hybridized carbons (Fsp3) is 0.357. The summed E-state index contributed by atoms with van der Waals surface area (Å²) in [5.74, 6) is -1.13. The molecule has 0 radical (unpaired) electrons. The fourth-order valence-electron chi connectivity index (χ4n) is 2.70. The molecule has 2 aromatic heterocycles. The van der Waals surface area contributed by atoms with Crippen molar-refractivity contribution in [2.45, 2.75) is 5.92 Å². The predicted octanol–water partition coefficient (Wildman–Crippen LogP) is 2.89. The molecule has 0 aromatic carbocycles. The van der Waals surface area contributed by atoms with Crippen LogP contribution in [-0.4, -0.2) is 39.2 Å². The van der Waals surface area contributed by atoms with Crippen molar-refractivity contribution in [3.63, 3.8) is 0 Å². The Hall–Kier alpha value is -1.51. The molecule has 0 bridgehead atoms. The number of thiophene rings is 1. The monoisotopic (exact) mass is 372 g/mol. The van der Waals surface area contributed by atoms with Crippen molar-refractivity contribution in [3.8, 4) is 0 Å². The van der Waals surface area contributed by atoms with Crippen LogP contribution in [0.4, 0.5) is 10.1 Å². The third-order valence-corrected chi connectivity index (χ3v) is 5.51. The molecule has 1 aliphatic heterocycles. The number of likely N-dealkylation sites (N-methyl/N-ethyl adjacent to an activating group) is 1. The van der Waals surface area contributed by atoms with E-state index in [1.807, 2.05) is 11.9 Å². The Labute approximate surface area is 147 Å². The summed E-state index contributed by atoms with van der Waals surface area (Å²) >= 11 is 12.4. The Kier molecular flexibility index (Phi) is 4.39. The zero-order chi connectivity index (χ0) is 16.7. The third-order valence-electron chi connectivity index (χ3n) is 3.90. The zero-order valence-corrected chi connectivity index (χ0v) is 14.8. The Morgan fingerprint density at radius 1 is 1.57 bits per heavy atom. The fourth-order valence-corrected chi connectivity index (χ4v) is 3.76. The molecule has 5 nitrogen and oxygen atoms in total. The van der Waals surface area contributed by atoms with Crippen LogP contribution in [0.1, 0.15) is 11.6 Å². The second-order valence-electron chi connectivity index (χ2n) is 5.42. The standard InChI is InChI=1S/C14H14ClFN4OS2/c1-19-6-7(9-5-10(15)20(2)18-9)11(14(19)22)13(21)17-8-3-4-23-12(8)16/h3-5,7,11H,6H2,1-2H3,(H,17,21)/t7-,11+/m1/s1. The van der Waals surface area contributed by atoms with Gasteiger partial charge in [0.25, 0.3) is 0 Å². The minimum atomic E-state index is -0.583. The van der Waals surface area contributed by atoms with E-state index in [0.717, 1.165) is 11.3 Å². The highest BCUT2D eigenvalue weighted by atomic mass is 35.5. The van der Waals surface area contributed by atoms with Gasteiger partial charge in [0.2, 0.25) is 5.91 Å². The topological polar surface area (TPSA) is 50.2 Å². The van der Waals surface area contributed by atoms with Crippen molar-refractivity contribution in [2.75, 3.05) is 18.9 Å². The summed E-state index contributed by atoms with van der Waals surface area (Å²) in [5.41, 5.74) is 0.880. The van der Waals surface area contributed by atoms with Gasteiger partial charge in [0, 0.05) is 26.6 Å². The number of amides is 1. The van der Waals surface area contributed by atoms with Gasteiger partial charge in [-0.1, -0.05) is 23.8 Å². The quantitative estimate of drug-likeness (QED) is 0.842. The molecule has 9 heteroatoms. The number of carbonyl (C=O) groups is 1. The smallest absolute Gasteiger partial charge is 0.235 e. The molecule has 2 aromatic rings. The van der Waals surface area contributed by atoms with E-state index in [2.05, 4.69) is 10.4 Å². The minimum Gasteiger partial charge on any atom is -0.368 e. The number of rotatable bonds is 3. The molecule has 1 aliphatic rings. The van der Waals surface area contributed by atoms with Crippen LogP contribution in [0, 0.1) is 11.0 Å². The molecular formula is C14H14ClFN4OS2. The average Bonchev–Trinajstić information content (AvgIpc) is 3.12. The number of halogens is 2. The molecule has 3 rings (SSSR count). The van der Waals surface area contributed by atoms with E-state index in [4.69, 9.17) is 23.8 Å². The molecule has 1 saturated heterocycles. The van der Waals surface area contributed by atoms with Crippen LogP contribution in [-0.2, 0) is 11.8 Å². The lowest BCUT2D eigenvalue weighted by Gasteiger charge is -2.16. The predicted molar refractivity (Wildman–Crippen MR) is 92.6 cm³/mol. The lowest BCUT2D eigenvalue weighted by atomic mass is 9.92. The van der Waals surface area contributed by atoms with Gasteiger partial charge in [0.1, 0.15) is 5.15 Å². The number of aryl methyl sites for hydroxylation is 1. The van der Waals surface area contributed by atoms with Gasteiger partial charge in [-0.15, -0.1) is 11.3 Å². The van der Waals surface area contributed by atoms with E-state index in [1.54, 1.807) is 23.2 Å². The second-order valence-corrected chi connectivity index (χ2v) is 7.09. The number of aromatic nitrogens is 2. The number of likely N-dealkylation sites (tertiary alicyclic amines) is 1. The number of nitrogens with zero attached hydrogens (tertiary/aromatic N) is 3. The lowest BCUT2D eigenvalue weighted by molar-refractivity contribution is -0.118. The summed E-state index contributed by atoms with van der Waals surface area (Å²) in [6.07, 6.45) is 0. The van der Waals surface area contributed by atoms with Gasteiger partial charge in [-0.25, -0.2) is 0 Å². The van der Waals surface area contributed by atoms with Gasteiger partial charge in [-0.2, -0.15) is 9.49 Å². The molecule has 0 saturated carbocycles. The first-order chi connectivity index (χ1) is 10.9. The molecule has 1 fully saturated rings. The summed E-state index contributed by atoms with van der Waals surface area (Å²) in [7, 11) is 3.57.